The Hall–Kier alpha value is -4.50. The third-order valence-electron chi connectivity index (χ3n) is 11.4. The first-order valence-corrected chi connectivity index (χ1v) is 15.8. The second-order valence-electron chi connectivity index (χ2n) is 14.2. The molecule has 0 bridgehead atoms. The lowest BCUT2D eigenvalue weighted by molar-refractivity contribution is 0.125. The van der Waals surface area contributed by atoms with E-state index in [0.717, 1.165) is 68.7 Å². The van der Waals surface area contributed by atoms with E-state index in [4.69, 9.17) is 14.4 Å². The number of aryl methyl sites for hydroxylation is 1. The van der Waals surface area contributed by atoms with E-state index in [-0.39, 0.29) is 16.2 Å². The van der Waals surface area contributed by atoms with Crippen LogP contribution in [0.25, 0.3) is 61.7 Å². The average molecular weight is 575 g/mol. The zero-order valence-electron chi connectivity index (χ0n) is 26.5. The van der Waals surface area contributed by atoms with Crippen LogP contribution < -0.4 is 0 Å². The number of para-hydroxylation sites is 1. The number of rotatable bonds is 3. The largest absolute Gasteiger partial charge is 0.456 e. The van der Waals surface area contributed by atoms with E-state index in [0.29, 0.717) is 0 Å². The van der Waals surface area contributed by atoms with Gasteiger partial charge in [0, 0.05) is 21.9 Å². The summed E-state index contributed by atoms with van der Waals surface area (Å²) >= 11 is 0. The highest BCUT2D eigenvalue weighted by Crippen LogP contribution is 2.63. The Morgan fingerprint density at radius 2 is 1.32 bits per heavy atom. The molecule has 0 aliphatic heterocycles. The van der Waals surface area contributed by atoms with E-state index in [9.17, 15) is 0 Å². The monoisotopic (exact) mass is 574 g/mol. The molecular formula is C41H38N2O. The molecule has 2 aliphatic rings. The zero-order valence-corrected chi connectivity index (χ0v) is 26.5. The predicted molar refractivity (Wildman–Crippen MR) is 183 cm³/mol. The molecule has 218 valence electrons. The van der Waals surface area contributed by atoms with Crippen LogP contribution in [0.4, 0.5) is 0 Å². The van der Waals surface area contributed by atoms with Gasteiger partial charge in [-0.3, -0.25) is 0 Å². The second-order valence-corrected chi connectivity index (χ2v) is 14.2. The van der Waals surface area contributed by atoms with Gasteiger partial charge in [0.25, 0.3) is 0 Å². The van der Waals surface area contributed by atoms with Gasteiger partial charge in [0.15, 0.2) is 0 Å². The standard InChI is InChI=1S/C41H38N2O/c1-39(2)30-23-28(26-18-14-22-35-36(26)27-17-10-13-21-34(27)44-35)29(24-31(30)40(3,4)41(39,5)6)38-37(25-15-8-7-9-16-25)42-32-19-11-12-20-33(32)43-38/h7-11,13-19,21-24H,12,20H2,1-6H3. The molecule has 4 aromatic carbocycles. The molecule has 2 aromatic heterocycles. The Balaban J connectivity index is 1.53. The van der Waals surface area contributed by atoms with E-state index in [1.807, 2.05) is 6.07 Å². The molecule has 0 radical (unpaired) electrons. The van der Waals surface area contributed by atoms with E-state index in [1.165, 1.54) is 22.3 Å². The molecule has 8 rings (SSSR count). The minimum Gasteiger partial charge on any atom is -0.456 e. The van der Waals surface area contributed by atoms with Gasteiger partial charge in [0.2, 0.25) is 0 Å². The van der Waals surface area contributed by atoms with Crippen LogP contribution in [-0.2, 0) is 17.3 Å². The fourth-order valence-corrected chi connectivity index (χ4v) is 7.71. The Morgan fingerprint density at radius 3 is 2.09 bits per heavy atom. The van der Waals surface area contributed by atoms with E-state index < -0.39 is 0 Å². The Labute approximate surface area is 259 Å². The molecule has 0 N–H and O–H groups in total. The lowest BCUT2D eigenvalue weighted by Gasteiger charge is -2.44. The second kappa shape index (κ2) is 9.25. The van der Waals surface area contributed by atoms with Crippen LogP contribution >= 0.6 is 0 Å². The van der Waals surface area contributed by atoms with Gasteiger partial charge in [-0.1, -0.05) is 108 Å². The summed E-state index contributed by atoms with van der Waals surface area (Å²) in [7, 11) is 0. The lowest BCUT2D eigenvalue weighted by atomic mass is 9.59. The predicted octanol–water partition coefficient (Wildman–Crippen LogP) is 10.9. The van der Waals surface area contributed by atoms with Gasteiger partial charge in [0.1, 0.15) is 11.2 Å². The van der Waals surface area contributed by atoms with Crippen LogP contribution in [0.1, 0.15) is 70.5 Å². The van der Waals surface area contributed by atoms with Gasteiger partial charge in [-0.25, -0.2) is 9.97 Å². The van der Waals surface area contributed by atoms with Gasteiger partial charge < -0.3 is 4.42 Å². The first kappa shape index (κ1) is 27.1. The van der Waals surface area contributed by atoms with E-state index in [2.05, 4.69) is 133 Å². The van der Waals surface area contributed by atoms with Crippen molar-refractivity contribution in [3.05, 3.63) is 114 Å². The van der Waals surface area contributed by atoms with Crippen LogP contribution in [0, 0.1) is 5.41 Å². The molecule has 0 saturated heterocycles. The highest BCUT2D eigenvalue weighted by molar-refractivity contribution is 6.14. The number of aromatic nitrogens is 2. The Bertz CT molecular complexity index is 2140. The van der Waals surface area contributed by atoms with Crippen molar-refractivity contribution >= 4 is 28.0 Å². The first-order valence-electron chi connectivity index (χ1n) is 15.8. The number of hydrogen-bond donors (Lipinski definition) is 0. The summed E-state index contributed by atoms with van der Waals surface area (Å²) in [6.07, 6.45) is 6.23. The van der Waals surface area contributed by atoms with Crippen LogP contribution in [0.5, 0.6) is 0 Å². The Morgan fingerprint density at radius 1 is 0.636 bits per heavy atom. The minimum atomic E-state index is -0.0508. The lowest BCUT2D eigenvalue weighted by Crippen LogP contribution is -2.42. The van der Waals surface area contributed by atoms with Crippen molar-refractivity contribution in [1.29, 1.82) is 0 Å². The van der Waals surface area contributed by atoms with Crippen molar-refractivity contribution in [1.82, 2.24) is 9.97 Å². The molecule has 3 nitrogen and oxygen atoms in total. The molecule has 2 aliphatic carbocycles. The summed E-state index contributed by atoms with van der Waals surface area (Å²) in [5.41, 5.74) is 13.0. The molecule has 0 spiro atoms. The molecule has 0 unspecified atom stereocenters. The quantitative estimate of drug-likeness (QED) is 0.211. The van der Waals surface area contributed by atoms with E-state index >= 15 is 0 Å². The number of hydrogen-bond acceptors (Lipinski definition) is 3. The fraction of sp³-hybridized carbons (Fsp3) is 0.268. The third kappa shape index (κ3) is 3.62. The number of nitrogens with zero attached hydrogens (tertiary/aromatic N) is 2. The van der Waals surface area contributed by atoms with E-state index in [1.54, 1.807) is 0 Å². The van der Waals surface area contributed by atoms with Gasteiger partial charge >= 0.3 is 0 Å². The molecule has 6 aromatic rings. The summed E-state index contributed by atoms with van der Waals surface area (Å²) < 4.78 is 6.39. The molecule has 0 fully saturated rings. The van der Waals surface area contributed by atoms with Crippen molar-refractivity contribution in [2.75, 3.05) is 0 Å². The summed E-state index contributed by atoms with van der Waals surface area (Å²) in [6, 6.07) is 30.3. The van der Waals surface area contributed by atoms with Gasteiger partial charge in [-0.2, -0.15) is 0 Å². The van der Waals surface area contributed by atoms with Crippen molar-refractivity contribution in [3.63, 3.8) is 0 Å². The minimum absolute atomic E-state index is 0.0289. The molecule has 44 heavy (non-hydrogen) atoms. The van der Waals surface area contributed by atoms with Crippen molar-refractivity contribution in [2.45, 2.75) is 65.2 Å². The topological polar surface area (TPSA) is 38.9 Å². The maximum atomic E-state index is 6.39. The maximum Gasteiger partial charge on any atom is 0.136 e. The van der Waals surface area contributed by atoms with Gasteiger partial charge in [-0.05, 0) is 81.7 Å². The number of allylic oxidation sites excluding steroid dienone is 1. The van der Waals surface area contributed by atoms with Crippen molar-refractivity contribution < 1.29 is 4.42 Å². The van der Waals surface area contributed by atoms with Crippen LogP contribution in [0.15, 0.2) is 95.4 Å². The third-order valence-corrected chi connectivity index (χ3v) is 11.4. The highest BCUT2D eigenvalue weighted by Gasteiger charge is 2.57. The Kier molecular flexibility index (Phi) is 5.69. The summed E-state index contributed by atoms with van der Waals surface area (Å²) in [6.45, 7) is 14.5. The summed E-state index contributed by atoms with van der Waals surface area (Å²) in [5, 5.41) is 2.28. The van der Waals surface area contributed by atoms with Crippen molar-refractivity contribution in [2.24, 2.45) is 5.41 Å². The first-order chi connectivity index (χ1) is 21.1. The summed E-state index contributed by atoms with van der Waals surface area (Å²) in [4.78, 5) is 10.8. The zero-order chi connectivity index (χ0) is 30.4. The van der Waals surface area contributed by atoms with Crippen LogP contribution in [-0.4, -0.2) is 9.97 Å². The molecular weight excluding hydrogens is 536 g/mol. The fourth-order valence-electron chi connectivity index (χ4n) is 7.71. The molecule has 0 atom stereocenters. The summed E-state index contributed by atoms with van der Waals surface area (Å²) in [5.74, 6) is 0. The van der Waals surface area contributed by atoms with Crippen LogP contribution in [0.3, 0.4) is 0 Å². The highest BCUT2D eigenvalue weighted by atomic mass is 16.3. The molecule has 2 heterocycles. The number of fused-ring (bicyclic) bond motifs is 5. The van der Waals surface area contributed by atoms with Gasteiger partial charge in [0.05, 0.1) is 22.8 Å². The number of furan rings is 1. The van der Waals surface area contributed by atoms with Gasteiger partial charge in [-0.15, -0.1) is 0 Å². The molecule has 3 heteroatoms. The number of benzene rings is 4. The molecule has 0 saturated carbocycles. The smallest absolute Gasteiger partial charge is 0.136 e. The maximum absolute atomic E-state index is 6.39. The average Bonchev–Trinajstić information content (AvgIpc) is 3.46. The van der Waals surface area contributed by atoms with Crippen molar-refractivity contribution in [3.8, 4) is 33.6 Å². The SMILES string of the molecule is CC1(C)c2cc(-c3nc4c(nc3-c3ccccc3)C=CCC4)c(-c3cccc4oc5ccccc5c34)cc2C(C)(C)C1(C)C. The molecule has 0 amide bonds. The van der Waals surface area contributed by atoms with Crippen LogP contribution in [0.2, 0.25) is 0 Å². The normalized spacial score (nSPS) is 17.6.